The van der Waals surface area contributed by atoms with Crippen molar-refractivity contribution in [3.05, 3.63) is 59.7 Å². The summed E-state index contributed by atoms with van der Waals surface area (Å²) in [4.78, 5) is 23.8. The van der Waals surface area contributed by atoms with E-state index in [0.717, 1.165) is 13.1 Å². The van der Waals surface area contributed by atoms with Crippen LogP contribution in [-0.4, -0.2) is 24.9 Å². The molecule has 2 aromatic rings. The van der Waals surface area contributed by atoms with Crippen LogP contribution in [0.3, 0.4) is 0 Å². The predicted molar refractivity (Wildman–Crippen MR) is 119 cm³/mol. The second-order valence-corrected chi connectivity index (χ2v) is 7.40. The van der Waals surface area contributed by atoms with Gasteiger partial charge in [0.25, 0.3) is 11.8 Å². The van der Waals surface area contributed by atoms with Gasteiger partial charge in [-0.05, 0) is 80.4 Å². The van der Waals surface area contributed by atoms with Crippen LogP contribution >= 0.6 is 0 Å². The van der Waals surface area contributed by atoms with Crippen LogP contribution in [0.25, 0.3) is 0 Å². The zero-order chi connectivity index (χ0) is 21.1. The lowest BCUT2D eigenvalue weighted by Crippen LogP contribution is -2.16. The molecule has 4 aliphatic heterocycles. The van der Waals surface area contributed by atoms with E-state index in [9.17, 15) is 9.59 Å². The third-order valence-electron chi connectivity index (χ3n) is 4.86. The summed E-state index contributed by atoms with van der Waals surface area (Å²) < 4.78 is 0. The molecule has 6 nitrogen and oxygen atoms in total. The average Bonchev–Trinajstić information content (AvgIpc) is 2.74. The van der Waals surface area contributed by atoms with Crippen molar-refractivity contribution in [2.24, 2.45) is 17.4 Å². The molecule has 0 aromatic heterocycles. The van der Waals surface area contributed by atoms with E-state index in [1.54, 1.807) is 48.5 Å². The first kappa shape index (κ1) is 22.6. The van der Waals surface area contributed by atoms with E-state index in [1.165, 1.54) is 32.1 Å². The number of hydrogen-bond acceptors (Lipinski definition) is 4. The monoisotopic (exact) mass is 396 g/mol. The van der Waals surface area contributed by atoms with Crippen molar-refractivity contribution in [1.82, 2.24) is 0 Å². The summed E-state index contributed by atoms with van der Waals surface area (Å²) in [6.45, 7) is 3.88. The highest BCUT2D eigenvalue weighted by atomic mass is 16.2. The van der Waals surface area contributed by atoms with Crippen molar-refractivity contribution in [3.8, 4) is 0 Å². The zero-order valence-electron chi connectivity index (χ0n) is 17.1. The van der Waals surface area contributed by atoms with Crippen molar-refractivity contribution in [2.45, 2.75) is 39.0 Å². The molecule has 6 heteroatoms. The predicted octanol–water partition coefficient (Wildman–Crippen LogP) is 4.00. The van der Waals surface area contributed by atoms with Gasteiger partial charge in [0.05, 0.1) is 0 Å². The molecule has 1 unspecified atom stereocenters. The second-order valence-electron chi connectivity index (χ2n) is 7.40. The molecule has 0 saturated heterocycles. The molecule has 0 saturated carbocycles. The fourth-order valence-corrected chi connectivity index (χ4v) is 2.92. The summed E-state index contributed by atoms with van der Waals surface area (Å²) in [6.07, 6.45) is 6.38. The van der Waals surface area contributed by atoms with Gasteiger partial charge in [-0.25, -0.2) is 0 Å². The van der Waals surface area contributed by atoms with Crippen LogP contribution < -0.4 is 22.1 Å². The minimum Gasteiger partial charge on any atom is -0.330 e. The maximum atomic E-state index is 11.9. The standard InChI is InChI=1S/C14H10N2O2.C9H22N2/c17-13-9-1-2-10(4-3-9)14(18)16-12-7-5-11(15-13)6-8-12;1-9(8-11)6-4-2-3-5-7-10/h1-8H,(H,15,17)(H,16,18);9H,2-8,10-11H2,1H3. The van der Waals surface area contributed by atoms with Crippen molar-refractivity contribution < 1.29 is 9.59 Å². The molecule has 6 rings (SSSR count). The lowest BCUT2D eigenvalue weighted by molar-refractivity contribution is 0.101. The highest BCUT2D eigenvalue weighted by Crippen LogP contribution is 2.17. The number of carbonyl (C=O) groups excluding carboxylic acids is 2. The number of amides is 2. The van der Waals surface area contributed by atoms with E-state index >= 15 is 0 Å². The third kappa shape index (κ3) is 7.68. The second kappa shape index (κ2) is 12.0. The van der Waals surface area contributed by atoms with E-state index in [2.05, 4.69) is 17.6 Å². The van der Waals surface area contributed by atoms with Crippen molar-refractivity contribution in [3.63, 3.8) is 0 Å². The average molecular weight is 397 g/mol. The van der Waals surface area contributed by atoms with Crippen molar-refractivity contribution in [2.75, 3.05) is 23.7 Å². The molecular weight excluding hydrogens is 364 g/mol. The summed E-state index contributed by atoms with van der Waals surface area (Å²) in [5, 5.41) is 5.58. The van der Waals surface area contributed by atoms with Gasteiger partial charge < -0.3 is 22.1 Å². The molecule has 4 heterocycles. The van der Waals surface area contributed by atoms with E-state index in [1.807, 2.05) is 0 Å². The summed E-state index contributed by atoms with van der Waals surface area (Å²) in [5.41, 5.74) is 13.3. The van der Waals surface area contributed by atoms with Gasteiger partial charge in [0, 0.05) is 22.5 Å². The van der Waals surface area contributed by atoms with Crippen LogP contribution in [0, 0.1) is 5.92 Å². The molecule has 0 fully saturated rings. The Morgan fingerprint density at radius 3 is 1.59 bits per heavy atom. The molecule has 4 bridgehead atoms. The van der Waals surface area contributed by atoms with E-state index < -0.39 is 0 Å². The number of carbonyl (C=O) groups is 2. The van der Waals surface area contributed by atoms with Crippen molar-refractivity contribution >= 4 is 23.2 Å². The molecule has 4 aliphatic rings. The number of unbranched alkanes of at least 4 members (excludes halogenated alkanes) is 3. The van der Waals surface area contributed by atoms with Gasteiger partial charge in [-0.3, -0.25) is 9.59 Å². The SMILES string of the molecule is CC(CN)CCCCCCN.O=C1Nc2ccc(cc2)NC(=O)c2ccc1cc2. The Morgan fingerprint density at radius 2 is 1.17 bits per heavy atom. The first-order valence-corrected chi connectivity index (χ1v) is 10.3. The maximum Gasteiger partial charge on any atom is 0.255 e. The Kier molecular flexibility index (Phi) is 9.34. The number of benzene rings is 2. The first-order chi connectivity index (χ1) is 14.0. The van der Waals surface area contributed by atoms with Crippen LogP contribution in [0.1, 0.15) is 59.7 Å². The van der Waals surface area contributed by atoms with Gasteiger partial charge in [0.2, 0.25) is 0 Å². The number of nitrogens with two attached hydrogens (primary N) is 2. The Hall–Kier alpha value is -2.70. The van der Waals surface area contributed by atoms with Gasteiger partial charge in [-0.15, -0.1) is 0 Å². The van der Waals surface area contributed by atoms with Crippen molar-refractivity contribution in [1.29, 1.82) is 0 Å². The fraction of sp³-hybridized carbons (Fsp3) is 0.391. The smallest absolute Gasteiger partial charge is 0.255 e. The van der Waals surface area contributed by atoms with Crippen LogP contribution in [0.5, 0.6) is 0 Å². The molecule has 0 aliphatic carbocycles. The van der Waals surface area contributed by atoms with Gasteiger partial charge >= 0.3 is 0 Å². The highest BCUT2D eigenvalue weighted by molar-refractivity contribution is 6.08. The highest BCUT2D eigenvalue weighted by Gasteiger charge is 2.11. The molecule has 0 spiro atoms. The quantitative estimate of drug-likeness (QED) is 0.530. The zero-order valence-corrected chi connectivity index (χ0v) is 17.1. The summed E-state index contributed by atoms with van der Waals surface area (Å²) >= 11 is 0. The third-order valence-corrected chi connectivity index (χ3v) is 4.86. The molecule has 1 atom stereocenters. The Morgan fingerprint density at radius 1 is 0.724 bits per heavy atom. The lowest BCUT2D eigenvalue weighted by atomic mass is 10.0. The molecule has 2 amide bonds. The largest absolute Gasteiger partial charge is 0.330 e. The van der Waals surface area contributed by atoms with Crippen LogP contribution in [0.2, 0.25) is 0 Å². The summed E-state index contributed by atoms with van der Waals surface area (Å²) in [5.74, 6) is 0.332. The molecular formula is C23H32N4O2. The number of hydrogen-bond donors (Lipinski definition) is 4. The first-order valence-electron chi connectivity index (χ1n) is 10.3. The normalized spacial score (nSPS) is 13.5. The van der Waals surface area contributed by atoms with E-state index in [4.69, 9.17) is 11.5 Å². The minimum absolute atomic E-state index is 0.185. The number of rotatable bonds is 7. The maximum absolute atomic E-state index is 11.9. The molecule has 29 heavy (non-hydrogen) atoms. The Balaban J connectivity index is 0.000000237. The van der Waals surface area contributed by atoms with E-state index in [0.29, 0.717) is 28.4 Å². The van der Waals surface area contributed by atoms with E-state index in [-0.39, 0.29) is 11.8 Å². The van der Waals surface area contributed by atoms with Gasteiger partial charge in [0.1, 0.15) is 0 Å². The Bertz CT molecular complexity index is 716. The number of anilines is 2. The summed E-state index contributed by atoms with van der Waals surface area (Å²) in [7, 11) is 0. The Labute approximate surface area is 173 Å². The van der Waals surface area contributed by atoms with Crippen LogP contribution in [-0.2, 0) is 0 Å². The minimum atomic E-state index is -0.185. The van der Waals surface area contributed by atoms with Crippen LogP contribution in [0.4, 0.5) is 11.4 Å². The topological polar surface area (TPSA) is 110 Å². The van der Waals surface area contributed by atoms with Gasteiger partial charge in [-0.1, -0.05) is 26.2 Å². The fourth-order valence-electron chi connectivity index (χ4n) is 2.92. The van der Waals surface area contributed by atoms with Gasteiger partial charge in [0.15, 0.2) is 0 Å². The summed E-state index contributed by atoms with van der Waals surface area (Å²) in [6, 6.07) is 13.6. The van der Waals surface area contributed by atoms with Gasteiger partial charge in [-0.2, -0.15) is 0 Å². The molecule has 156 valence electrons. The molecule has 0 radical (unpaired) electrons. The number of nitrogens with one attached hydrogen (secondary N) is 2. The van der Waals surface area contributed by atoms with Crippen LogP contribution in [0.15, 0.2) is 48.5 Å². The molecule has 6 N–H and O–H groups in total. The lowest BCUT2D eigenvalue weighted by Gasteiger charge is -2.11. The molecule has 2 aromatic carbocycles.